The summed E-state index contributed by atoms with van der Waals surface area (Å²) in [5.41, 5.74) is 2.36. The quantitative estimate of drug-likeness (QED) is 0.218. The Kier molecular flexibility index (Phi) is 10.1. The third-order valence-corrected chi connectivity index (χ3v) is 9.43. The van der Waals surface area contributed by atoms with Crippen molar-refractivity contribution in [1.29, 1.82) is 0 Å². The highest BCUT2D eigenvalue weighted by Gasteiger charge is 2.28. The molecule has 4 aromatic carbocycles. The molecule has 10 heteroatoms. The molecule has 8 rings (SSSR count). The lowest BCUT2D eigenvalue weighted by atomic mass is 9.81. The number of halogens is 2. The first kappa shape index (κ1) is 32.0. The Balaban J connectivity index is 0.000000152. The van der Waals surface area contributed by atoms with Gasteiger partial charge in [0.05, 0.1) is 13.2 Å². The van der Waals surface area contributed by atoms with Crippen molar-refractivity contribution in [2.45, 2.75) is 24.7 Å². The molecule has 2 saturated heterocycles. The zero-order valence-electron chi connectivity index (χ0n) is 26.7. The Hall–Kier alpha value is -4.54. The van der Waals surface area contributed by atoms with E-state index in [1.54, 1.807) is 0 Å². The van der Waals surface area contributed by atoms with Gasteiger partial charge in [-0.15, -0.1) is 0 Å². The number of hydrogen-bond acceptors (Lipinski definition) is 8. The zero-order valence-corrected chi connectivity index (χ0v) is 26.7. The van der Waals surface area contributed by atoms with Crippen LogP contribution in [0.1, 0.15) is 35.8 Å². The van der Waals surface area contributed by atoms with E-state index in [-0.39, 0.29) is 25.2 Å². The van der Waals surface area contributed by atoms with Crippen LogP contribution in [0.2, 0.25) is 0 Å². The van der Waals surface area contributed by atoms with Crippen LogP contribution in [-0.2, 0) is 0 Å². The Morgan fingerprint density at radius 3 is 1.40 bits per heavy atom. The first-order chi connectivity index (χ1) is 23.6. The van der Waals surface area contributed by atoms with Crippen LogP contribution in [0.4, 0.5) is 8.78 Å². The van der Waals surface area contributed by atoms with Crippen molar-refractivity contribution in [3.05, 3.63) is 108 Å². The van der Waals surface area contributed by atoms with Gasteiger partial charge in [-0.2, -0.15) is 0 Å². The number of fused-ring (bicyclic) bond motifs is 2. The monoisotopic (exact) mass is 658 g/mol. The molecule has 0 bridgehead atoms. The van der Waals surface area contributed by atoms with Gasteiger partial charge in [-0.25, -0.2) is 8.78 Å². The second kappa shape index (κ2) is 15.1. The third kappa shape index (κ3) is 7.77. The standard InChI is InChI=1S/2C19H20FNO3/c2*20-15-3-1-13(2-4-15)17-7-8-21-10-14(17)11-22-16-5-6-18-19(9-16)24-12-23-18/h2*1-6,9,14,17,21H,7-8,10-12H2/t2*14-,17-/m10/s1. The molecule has 0 radical (unpaired) electrons. The molecule has 0 amide bonds. The summed E-state index contributed by atoms with van der Waals surface area (Å²) in [7, 11) is 0. The van der Waals surface area contributed by atoms with Crippen LogP contribution in [0.15, 0.2) is 84.9 Å². The van der Waals surface area contributed by atoms with Crippen LogP contribution >= 0.6 is 0 Å². The predicted octanol–water partition coefficient (Wildman–Crippen LogP) is 6.65. The minimum absolute atomic E-state index is 0.194. The van der Waals surface area contributed by atoms with Crippen molar-refractivity contribution >= 4 is 0 Å². The zero-order chi connectivity index (χ0) is 32.7. The van der Waals surface area contributed by atoms with E-state index in [0.717, 1.165) is 73.5 Å². The maximum atomic E-state index is 13.2. The summed E-state index contributed by atoms with van der Waals surface area (Å²) in [5, 5.41) is 6.85. The Labute approximate surface area is 279 Å². The molecular weight excluding hydrogens is 618 g/mol. The van der Waals surface area contributed by atoms with Gasteiger partial charge in [-0.05, 0) is 97.4 Å². The molecule has 8 nitrogen and oxygen atoms in total. The molecule has 0 aliphatic carbocycles. The van der Waals surface area contributed by atoms with Crippen LogP contribution in [0.5, 0.6) is 34.5 Å². The number of piperidine rings is 2. The van der Waals surface area contributed by atoms with Crippen molar-refractivity contribution < 1.29 is 37.2 Å². The van der Waals surface area contributed by atoms with Crippen LogP contribution in [-0.4, -0.2) is 53.0 Å². The minimum atomic E-state index is -0.194. The molecule has 252 valence electrons. The van der Waals surface area contributed by atoms with E-state index >= 15 is 0 Å². The van der Waals surface area contributed by atoms with E-state index < -0.39 is 0 Å². The number of rotatable bonds is 8. The van der Waals surface area contributed by atoms with E-state index in [0.29, 0.717) is 36.9 Å². The molecule has 0 unspecified atom stereocenters. The van der Waals surface area contributed by atoms with Crippen molar-refractivity contribution in [1.82, 2.24) is 10.6 Å². The summed E-state index contributed by atoms with van der Waals surface area (Å²) < 4.78 is 59.7. The first-order valence-electron chi connectivity index (χ1n) is 16.6. The maximum Gasteiger partial charge on any atom is 0.231 e. The second-order valence-electron chi connectivity index (χ2n) is 12.5. The van der Waals surface area contributed by atoms with Crippen molar-refractivity contribution in [2.24, 2.45) is 11.8 Å². The SMILES string of the molecule is Fc1ccc([C@@H]2CCNC[C@H]2COc2ccc3c(c2)OCO3)cc1.Fc1ccc([C@H]2CCNC[C@@H]2COc2ccc3c(c2)OCO3)cc1. The minimum Gasteiger partial charge on any atom is -0.493 e. The highest BCUT2D eigenvalue weighted by molar-refractivity contribution is 5.47. The lowest BCUT2D eigenvalue weighted by molar-refractivity contribution is 0.173. The fraction of sp³-hybridized carbons (Fsp3) is 0.368. The van der Waals surface area contributed by atoms with E-state index in [2.05, 4.69) is 10.6 Å². The smallest absolute Gasteiger partial charge is 0.231 e. The lowest BCUT2D eigenvalue weighted by Crippen LogP contribution is -2.38. The molecule has 2 fully saturated rings. The summed E-state index contributed by atoms with van der Waals surface area (Å²) >= 11 is 0. The number of hydrogen-bond donors (Lipinski definition) is 2. The summed E-state index contributed by atoms with van der Waals surface area (Å²) in [5.74, 6) is 5.57. The molecule has 4 aliphatic heterocycles. The van der Waals surface area contributed by atoms with Gasteiger partial charge in [0, 0.05) is 37.1 Å². The van der Waals surface area contributed by atoms with Gasteiger partial charge in [0.15, 0.2) is 23.0 Å². The number of ether oxygens (including phenoxy) is 6. The Morgan fingerprint density at radius 1 is 0.542 bits per heavy atom. The van der Waals surface area contributed by atoms with Crippen molar-refractivity contribution in [3.63, 3.8) is 0 Å². The molecule has 4 aliphatic rings. The van der Waals surface area contributed by atoms with Gasteiger partial charge in [0.2, 0.25) is 13.6 Å². The van der Waals surface area contributed by atoms with Crippen LogP contribution in [0.25, 0.3) is 0 Å². The molecule has 0 aromatic heterocycles. The van der Waals surface area contributed by atoms with Crippen molar-refractivity contribution in [2.75, 3.05) is 53.0 Å². The number of benzene rings is 4. The highest BCUT2D eigenvalue weighted by Crippen LogP contribution is 2.38. The topological polar surface area (TPSA) is 79.4 Å². The molecule has 4 heterocycles. The highest BCUT2D eigenvalue weighted by atomic mass is 19.1. The molecule has 48 heavy (non-hydrogen) atoms. The third-order valence-electron chi connectivity index (χ3n) is 9.43. The average molecular weight is 659 g/mol. The van der Waals surface area contributed by atoms with Gasteiger partial charge in [0.25, 0.3) is 0 Å². The maximum absolute atomic E-state index is 13.2. The van der Waals surface area contributed by atoms with Crippen LogP contribution in [0.3, 0.4) is 0 Å². The Morgan fingerprint density at radius 2 is 0.958 bits per heavy atom. The summed E-state index contributed by atoms with van der Waals surface area (Å²) in [6.45, 7) is 5.48. The van der Waals surface area contributed by atoms with E-state index in [4.69, 9.17) is 28.4 Å². The van der Waals surface area contributed by atoms with Gasteiger partial charge >= 0.3 is 0 Å². The van der Waals surface area contributed by atoms with E-state index in [1.807, 2.05) is 60.7 Å². The Bertz CT molecular complexity index is 1530. The summed E-state index contributed by atoms with van der Waals surface area (Å²) in [4.78, 5) is 0. The second-order valence-corrected chi connectivity index (χ2v) is 12.5. The normalized spacial score (nSPS) is 22.4. The molecule has 0 saturated carbocycles. The largest absolute Gasteiger partial charge is 0.493 e. The summed E-state index contributed by atoms with van der Waals surface area (Å²) in [6.07, 6.45) is 2.06. The molecular formula is C38H40F2N2O6. The molecule has 2 N–H and O–H groups in total. The van der Waals surface area contributed by atoms with Gasteiger partial charge in [0.1, 0.15) is 23.1 Å². The van der Waals surface area contributed by atoms with Gasteiger partial charge < -0.3 is 39.1 Å². The number of nitrogens with one attached hydrogen (secondary N) is 2. The first-order valence-corrected chi connectivity index (χ1v) is 16.6. The van der Waals surface area contributed by atoms with E-state index in [9.17, 15) is 8.78 Å². The fourth-order valence-corrected chi connectivity index (χ4v) is 6.83. The summed E-state index contributed by atoms with van der Waals surface area (Å²) in [6, 6.07) is 25.0. The van der Waals surface area contributed by atoms with Crippen molar-refractivity contribution in [3.8, 4) is 34.5 Å². The van der Waals surface area contributed by atoms with E-state index in [1.165, 1.54) is 35.4 Å². The fourth-order valence-electron chi connectivity index (χ4n) is 6.83. The lowest BCUT2D eigenvalue weighted by Gasteiger charge is -2.32. The van der Waals surface area contributed by atoms with Crippen LogP contribution < -0.4 is 39.1 Å². The molecule has 4 aromatic rings. The molecule has 4 atom stereocenters. The average Bonchev–Trinajstić information content (AvgIpc) is 3.80. The van der Waals surface area contributed by atoms with Gasteiger partial charge in [-0.3, -0.25) is 0 Å². The van der Waals surface area contributed by atoms with Crippen LogP contribution in [0, 0.1) is 23.5 Å². The van der Waals surface area contributed by atoms with Gasteiger partial charge in [-0.1, -0.05) is 24.3 Å². The molecule has 0 spiro atoms. The predicted molar refractivity (Wildman–Crippen MR) is 176 cm³/mol.